The van der Waals surface area contributed by atoms with Gasteiger partial charge in [0.25, 0.3) is 0 Å². The predicted octanol–water partition coefficient (Wildman–Crippen LogP) is 1.23. The summed E-state index contributed by atoms with van der Waals surface area (Å²) in [5.74, 6) is -1.10. The van der Waals surface area contributed by atoms with Gasteiger partial charge in [0.05, 0.1) is 51.4 Å². The molecule has 0 unspecified atom stereocenters. The third-order valence-electron chi connectivity index (χ3n) is 6.67. The van der Waals surface area contributed by atoms with Gasteiger partial charge in [-0.2, -0.15) is 4.98 Å². The Morgan fingerprint density at radius 3 is 2.17 bits per heavy atom. The van der Waals surface area contributed by atoms with Gasteiger partial charge in [0, 0.05) is 17.5 Å². The molecule has 0 amide bonds. The van der Waals surface area contributed by atoms with Gasteiger partial charge >= 0.3 is 11.9 Å². The van der Waals surface area contributed by atoms with Crippen molar-refractivity contribution in [2.45, 2.75) is 56.5 Å². The minimum absolute atomic E-state index is 0.0885. The fraction of sp³-hybridized carbons (Fsp3) is 0.481. The number of hydrogen-bond donors (Lipinski definition) is 5. The van der Waals surface area contributed by atoms with Crippen LogP contribution in [0.5, 0.6) is 23.3 Å². The SMILES string of the molecule is CCOc1cc2c(cc1OC)C(c1ccc(OC)nc1OC)=N[C@@H]1CC[C@@H](O)C[C@H]21.O=C(O)[C@@H](O)[C@H](O)C(=O)O. The normalized spacial score (nSPS) is 20.8. The zero-order valence-electron chi connectivity index (χ0n) is 22.6. The molecule has 5 N–H and O–H groups in total. The number of benzene rings is 1. The summed E-state index contributed by atoms with van der Waals surface area (Å²) in [6.07, 6.45) is -2.58. The van der Waals surface area contributed by atoms with Crippen LogP contribution < -0.4 is 18.9 Å². The number of rotatable bonds is 9. The minimum atomic E-state index is -2.27. The molecule has 0 saturated heterocycles. The van der Waals surface area contributed by atoms with Crippen molar-refractivity contribution in [1.82, 2.24) is 4.98 Å². The number of carboxylic acid groups (broad SMARTS) is 2. The first kappa shape index (κ1) is 30.6. The monoisotopic (exact) mass is 562 g/mol. The van der Waals surface area contributed by atoms with Crippen LogP contribution in [-0.2, 0) is 9.59 Å². The average molecular weight is 563 g/mol. The van der Waals surface area contributed by atoms with Crippen molar-refractivity contribution in [2.75, 3.05) is 27.9 Å². The number of methoxy groups -OCH3 is 3. The molecule has 40 heavy (non-hydrogen) atoms. The molecule has 5 atom stereocenters. The molecule has 1 aromatic carbocycles. The van der Waals surface area contributed by atoms with Crippen LogP contribution in [0.2, 0.25) is 0 Å². The smallest absolute Gasteiger partial charge is 0.335 e. The Labute approximate surface area is 230 Å². The molecule has 218 valence electrons. The van der Waals surface area contributed by atoms with Gasteiger partial charge in [-0.25, -0.2) is 9.59 Å². The quantitative estimate of drug-likeness (QED) is 0.293. The van der Waals surface area contributed by atoms with E-state index in [1.54, 1.807) is 21.3 Å². The highest BCUT2D eigenvalue weighted by molar-refractivity contribution is 6.16. The van der Waals surface area contributed by atoms with Crippen LogP contribution in [0, 0.1) is 0 Å². The summed E-state index contributed by atoms with van der Waals surface area (Å²) in [4.78, 5) is 29.1. The topological polar surface area (TPSA) is 197 Å². The lowest BCUT2D eigenvalue weighted by molar-refractivity contribution is -0.165. The van der Waals surface area contributed by atoms with Gasteiger partial charge in [-0.1, -0.05) is 0 Å². The number of aliphatic imine (C=N–C) groups is 1. The molecule has 2 heterocycles. The number of aliphatic carboxylic acids is 2. The van der Waals surface area contributed by atoms with E-state index >= 15 is 0 Å². The molecule has 4 rings (SSSR count). The van der Waals surface area contributed by atoms with Crippen LogP contribution in [0.1, 0.15) is 48.8 Å². The number of aliphatic hydroxyl groups is 3. The molecule has 2 aromatic rings. The average Bonchev–Trinajstić information content (AvgIpc) is 2.95. The molecule has 1 saturated carbocycles. The highest BCUT2D eigenvalue weighted by Crippen LogP contribution is 2.45. The van der Waals surface area contributed by atoms with Gasteiger partial charge in [0.2, 0.25) is 11.8 Å². The highest BCUT2D eigenvalue weighted by Gasteiger charge is 2.38. The summed E-state index contributed by atoms with van der Waals surface area (Å²) in [5, 5.41) is 42.8. The lowest BCUT2D eigenvalue weighted by atomic mass is 9.74. The number of fused-ring (bicyclic) bond motifs is 3. The molecule has 13 heteroatoms. The standard InChI is InChI=1S/C23H28N2O5.C4H6O6/c1-5-30-20-11-15-16-10-13(26)6-8-18(16)24-22(17(15)12-19(20)27-2)14-7-9-21(28-3)25-23(14)29-4;5-1(3(7)8)2(6)4(9)10/h7,9,11-13,16,18,26H,5-6,8,10H2,1-4H3;1-2,5-6H,(H,7,8)(H,9,10)/t13-,16-,18-;1-,2-/m10/s1. The van der Waals surface area contributed by atoms with Gasteiger partial charge in [-0.3, -0.25) is 4.99 Å². The summed E-state index contributed by atoms with van der Waals surface area (Å²) in [6, 6.07) is 7.84. The van der Waals surface area contributed by atoms with Crippen molar-refractivity contribution in [3.63, 3.8) is 0 Å². The zero-order valence-corrected chi connectivity index (χ0v) is 22.6. The molecule has 0 radical (unpaired) electrons. The van der Waals surface area contributed by atoms with E-state index in [0.29, 0.717) is 36.3 Å². The van der Waals surface area contributed by atoms with E-state index < -0.39 is 24.1 Å². The van der Waals surface area contributed by atoms with E-state index in [1.807, 2.05) is 31.2 Å². The third kappa shape index (κ3) is 6.61. The number of ether oxygens (including phenoxy) is 4. The van der Waals surface area contributed by atoms with Crippen molar-refractivity contribution in [3.05, 3.63) is 41.0 Å². The largest absolute Gasteiger partial charge is 0.493 e. The minimum Gasteiger partial charge on any atom is -0.493 e. The van der Waals surface area contributed by atoms with Crippen molar-refractivity contribution in [1.29, 1.82) is 0 Å². The molecule has 1 aliphatic carbocycles. The Bertz CT molecular complexity index is 1230. The summed E-state index contributed by atoms with van der Waals surface area (Å²) >= 11 is 0. The Balaban J connectivity index is 0.000000378. The molecule has 0 bridgehead atoms. The second-order valence-corrected chi connectivity index (χ2v) is 9.12. The van der Waals surface area contributed by atoms with Gasteiger partial charge < -0.3 is 44.5 Å². The second-order valence-electron chi connectivity index (χ2n) is 9.12. The maximum absolute atomic E-state index is 10.3. The van der Waals surface area contributed by atoms with Crippen LogP contribution in [-0.4, -0.2) is 100 Å². The van der Waals surface area contributed by atoms with E-state index in [4.69, 9.17) is 44.4 Å². The van der Waals surface area contributed by atoms with Gasteiger partial charge in [-0.05, 0) is 49.9 Å². The van der Waals surface area contributed by atoms with E-state index in [1.165, 1.54) is 0 Å². The van der Waals surface area contributed by atoms with Gasteiger partial charge in [0.1, 0.15) is 0 Å². The van der Waals surface area contributed by atoms with Crippen LogP contribution in [0.15, 0.2) is 29.3 Å². The number of pyridine rings is 1. The Kier molecular flexibility index (Phi) is 10.3. The number of aromatic nitrogens is 1. The molecule has 13 nitrogen and oxygen atoms in total. The fourth-order valence-corrected chi connectivity index (χ4v) is 4.73. The van der Waals surface area contributed by atoms with Crippen LogP contribution >= 0.6 is 0 Å². The second kappa shape index (κ2) is 13.4. The molecule has 0 spiro atoms. The number of hydrogen-bond acceptors (Lipinski definition) is 11. The van der Waals surface area contributed by atoms with Crippen LogP contribution in [0.25, 0.3) is 0 Å². The summed E-state index contributed by atoms with van der Waals surface area (Å²) in [5.41, 5.74) is 3.69. The number of aliphatic hydroxyl groups excluding tert-OH is 3. The van der Waals surface area contributed by atoms with Crippen molar-refractivity contribution >= 4 is 17.7 Å². The maximum atomic E-state index is 10.3. The zero-order chi connectivity index (χ0) is 29.6. The van der Waals surface area contributed by atoms with E-state index in [-0.39, 0.29) is 18.1 Å². The third-order valence-corrected chi connectivity index (χ3v) is 6.67. The molecular formula is C27H34N2O11. The van der Waals surface area contributed by atoms with E-state index in [9.17, 15) is 14.7 Å². The first-order chi connectivity index (χ1) is 19.1. The molecule has 1 aliphatic heterocycles. The Hall–Kier alpha value is -3.94. The Morgan fingerprint density at radius 1 is 0.950 bits per heavy atom. The summed E-state index contributed by atoms with van der Waals surface area (Å²) in [7, 11) is 4.80. The maximum Gasteiger partial charge on any atom is 0.335 e. The van der Waals surface area contributed by atoms with Gasteiger partial charge in [0.15, 0.2) is 23.7 Å². The van der Waals surface area contributed by atoms with Crippen LogP contribution in [0.3, 0.4) is 0 Å². The van der Waals surface area contributed by atoms with Crippen molar-refractivity contribution in [2.24, 2.45) is 4.99 Å². The van der Waals surface area contributed by atoms with E-state index in [0.717, 1.165) is 35.2 Å². The first-order valence-electron chi connectivity index (χ1n) is 12.6. The molecular weight excluding hydrogens is 528 g/mol. The molecule has 2 aliphatic rings. The molecule has 1 aromatic heterocycles. The highest BCUT2D eigenvalue weighted by atomic mass is 16.5. The number of carbonyl (C=O) groups is 2. The van der Waals surface area contributed by atoms with Crippen molar-refractivity contribution < 1.29 is 54.1 Å². The lowest BCUT2D eigenvalue weighted by Gasteiger charge is -2.37. The predicted molar refractivity (Wildman–Crippen MR) is 141 cm³/mol. The van der Waals surface area contributed by atoms with Gasteiger partial charge in [-0.15, -0.1) is 0 Å². The number of carboxylic acids is 2. The summed E-state index contributed by atoms with van der Waals surface area (Å²) in [6.45, 7) is 2.50. The molecule has 1 fully saturated rings. The first-order valence-corrected chi connectivity index (χ1v) is 12.6. The summed E-state index contributed by atoms with van der Waals surface area (Å²) < 4.78 is 22.2. The fourth-order valence-electron chi connectivity index (χ4n) is 4.73. The van der Waals surface area contributed by atoms with Crippen molar-refractivity contribution in [3.8, 4) is 23.3 Å². The Morgan fingerprint density at radius 2 is 1.62 bits per heavy atom. The number of nitrogens with zero attached hydrogens (tertiary/aromatic N) is 2. The lowest BCUT2D eigenvalue weighted by Crippen LogP contribution is -2.39. The van der Waals surface area contributed by atoms with E-state index in [2.05, 4.69) is 4.98 Å². The van der Waals surface area contributed by atoms with Crippen LogP contribution in [0.4, 0.5) is 0 Å².